The van der Waals surface area contributed by atoms with Gasteiger partial charge in [0.1, 0.15) is 0 Å². The van der Waals surface area contributed by atoms with E-state index in [4.69, 9.17) is 5.11 Å². The molecule has 0 fully saturated rings. The van der Waals surface area contributed by atoms with Crippen molar-refractivity contribution < 1.29 is 9.90 Å². The first-order valence-electron chi connectivity index (χ1n) is 6.99. The molecule has 3 N–H and O–H groups in total. The molecule has 1 atom stereocenters. The number of carbonyl (C=O) groups excluding carboxylic acids is 1. The van der Waals surface area contributed by atoms with Gasteiger partial charge in [-0.1, -0.05) is 19.4 Å². The van der Waals surface area contributed by atoms with Gasteiger partial charge in [0.15, 0.2) is 0 Å². The van der Waals surface area contributed by atoms with Crippen molar-refractivity contribution >= 4 is 23.5 Å². The third-order valence-electron chi connectivity index (χ3n) is 3.11. The second kappa shape index (κ2) is 9.66. The molecule has 4 nitrogen and oxygen atoms in total. The average Bonchev–Trinajstić information content (AvgIpc) is 2.45. The van der Waals surface area contributed by atoms with Crippen LogP contribution >= 0.6 is 11.8 Å². The van der Waals surface area contributed by atoms with Gasteiger partial charge in [-0.3, -0.25) is 0 Å². The molecule has 1 rings (SSSR count). The Morgan fingerprint density at radius 3 is 2.85 bits per heavy atom. The summed E-state index contributed by atoms with van der Waals surface area (Å²) in [4.78, 5) is 13.0. The second-order valence-corrected chi connectivity index (χ2v) is 5.61. The van der Waals surface area contributed by atoms with Gasteiger partial charge in [0.25, 0.3) is 0 Å². The summed E-state index contributed by atoms with van der Waals surface area (Å²) in [5.41, 5.74) is 0.795. The molecule has 5 heteroatoms. The minimum Gasteiger partial charge on any atom is -0.396 e. The van der Waals surface area contributed by atoms with E-state index in [9.17, 15) is 4.79 Å². The molecule has 1 unspecified atom stereocenters. The molecule has 0 heterocycles. The molecule has 0 aliphatic heterocycles. The molecular weight excluding hydrogens is 272 g/mol. The Kier molecular flexibility index (Phi) is 8.14. The zero-order valence-corrected chi connectivity index (χ0v) is 13.0. The minimum absolute atomic E-state index is 0.170. The van der Waals surface area contributed by atoms with Crippen LogP contribution in [-0.4, -0.2) is 30.5 Å². The molecule has 0 saturated heterocycles. The second-order valence-electron chi connectivity index (χ2n) is 4.73. The summed E-state index contributed by atoms with van der Waals surface area (Å²) in [6.07, 6.45) is 4.81. The number of urea groups is 1. The molecule has 20 heavy (non-hydrogen) atoms. The van der Waals surface area contributed by atoms with Crippen molar-refractivity contribution in [2.75, 3.05) is 24.7 Å². The van der Waals surface area contributed by atoms with Crippen LogP contribution in [0.1, 0.15) is 26.2 Å². The molecule has 1 aromatic carbocycles. The molecule has 0 bridgehead atoms. The zero-order chi connectivity index (χ0) is 14.8. The van der Waals surface area contributed by atoms with E-state index < -0.39 is 0 Å². The third-order valence-corrected chi connectivity index (χ3v) is 3.84. The van der Waals surface area contributed by atoms with Gasteiger partial charge < -0.3 is 15.7 Å². The molecule has 0 radical (unpaired) electrons. The Morgan fingerprint density at radius 1 is 1.40 bits per heavy atom. The third kappa shape index (κ3) is 6.30. The Morgan fingerprint density at radius 2 is 2.20 bits per heavy atom. The molecule has 2 amide bonds. The van der Waals surface area contributed by atoms with E-state index in [1.54, 1.807) is 11.8 Å². The smallest absolute Gasteiger partial charge is 0.319 e. The van der Waals surface area contributed by atoms with Crippen LogP contribution in [0.5, 0.6) is 0 Å². The Bertz CT molecular complexity index is 407. The number of rotatable bonds is 8. The Hall–Kier alpha value is -1.20. The van der Waals surface area contributed by atoms with Gasteiger partial charge in [0, 0.05) is 23.7 Å². The van der Waals surface area contributed by atoms with Crippen molar-refractivity contribution in [1.82, 2.24) is 5.32 Å². The predicted octanol–water partition coefficient (Wildman–Crippen LogP) is 3.33. The van der Waals surface area contributed by atoms with Gasteiger partial charge >= 0.3 is 6.03 Å². The highest BCUT2D eigenvalue weighted by Crippen LogP contribution is 2.18. The Balaban J connectivity index is 2.42. The SMILES string of the molecule is CCCC(CCO)CNC(=O)Nc1cccc(SC)c1. The van der Waals surface area contributed by atoms with Crippen molar-refractivity contribution in [3.05, 3.63) is 24.3 Å². The van der Waals surface area contributed by atoms with Crippen LogP contribution in [0.15, 0.2) is 29.2 Å². The van der Waals surface area contributed by atoms with Crippen molar-refractivity contribution in [3.8, 4) is 0 Å². The standard InChI is InChI=1S/C15H24N2O2S/c1-3-5-12(8-9-18)11-16-15(19)17-13-6-4-7-14(10-13)20-2/h4,6-7,10,12,18H,3,5,8-9,11H2,1-2H3,(H2,16,17,19). The van der Waals surface area contributed by atoms with E-state index in [0.29, 0.717) is 12.5 Å². The van der Waals surface area contributed by atoms with E-state index in [1.165, 1.54) is 0 Å². The van der Waals surface area contributed by atoms with Crippen molar-refractivity contribution in [2.45, 2.75) is 31.1 Å². The first-order valence-corrected chi connectivity index (χ1v) is 8.21. The van der Waals surface area contributed by atoms with E-state index in [-0.39, 0.29) is 12.6 Å². The summed E-state index contributed by atoms with van der Waals surface area (Å²) >= 11 is 1.64. The zero-order valence-electron chi connectivity index (χ0n) is 12.2. The van der Waals surface area contributed by atoms with Crippen LogP contribution in [0.25, 0.3) is 0 Å². The van der Waals surface area contributed by atoms with E-state index in [0.717, 1.165) is 29.8 Å². The number of anilines is 1. The van der Waals surface area contributed by atoms with Gasteiger partial charge in [0.2, 0.25) is 0 Å². The minimum atomic E-state index is -0.192. The maximum absolute atomic E-state index is 11.8. The van der Waals surface area contributed by atoms with Crippen molar-refractivity contribution in [3.63, 3.8) is 0 Å². The predicted molar refractivity (Wildman–Crippen MR) is 85.3 cm³/mol. The summed E-state index contributed by atoms with van der Waals surface area (Å²) in [5.74, 6) is 0.341. The van der Waals surface area contributed by atoms with Crippen LogP contribution in [0.3, 0.4) is 0 Å². The topological polar surface area (TPSA) is 61.4 Å². The number of aliphatic hydroxyl groups is 1. The quantitative estimate of drug-likeness (QED) is 0.645. The van der Waals surface area contributed by atoms with Gasteiger partial charge in [-0.2, -0.15) is 0 Å². The molecule has 0 saturated carbocycles. The lowest BCUT2D eigenvalue weighted by Crippen LogP contribution is -2.33. The number of benzene rings is 1. The highest BCUT2D eigenvalue weighted by molar-refractivity contribution is 7.98. The summed E-state index contributed by atoms with van der Waals surface area (Å²) < 4.78 is 0. The van der Waals surface area contributed by atoms with Gasteiger partial charge in [0.05, 0.1) is 0 Å². The maximum Gasteiger partial charge on any atom is 0.319 e. The molecule has 0 aliphatic carbocycles. The highest BCUT2D eigenvalue weighted by atomic mass is 32.2. The first-order chi connectivity index (χ1) is 9.69. The highest BCUT2D eigenvalue weighted by Gasteiger charge is 2.09. The number of amides is 2. The van der Waals surface area contributed by atoms with Crippen molar-refractivity contribution in [1.29, 1.82) is 0 Å². The van der Waals surface area contributed by atoms with Crippen LogP contribution < -0.4 is 10.6 Å². The van der Waals surface area contributed by atoms with Gasteiger partial charge in [-0.05, 0) is 43.2 Å². The van der Waals surface area contributed by atoms with Crippen LogP contribution in [-0.2, 0) is 0 Å². The summed E-state index contributed by atoms with van der Waals surface area (Å²) in [6.45, 7) is 2.88. The van der Waals surface area contributed by atoms with Crippen LogP contribution in [0.4, 0.5) is 10.5 Å². The molecule has 112 valence electrons. The molecule has 1 aromatic rings. The molecule has 0 spiro atoms. The van der Waals surface area contributed by atoms with Gasteiger partial charge in [-0.25, -0.2) is 4.79 Å². The maximum atomic E-state index is 11.8. The number of hydrogen-bond acceptors (Lipinski definition) is 3. The number of hydrogen-bond donors (Lipinski definition) is 3. The van der Waals surface area contributed by atoms with Crippen molar-refractivity contribution in [2.24, 2.45) is 5.92 Å². The molecule has 0 aliphatic rings. The number of thioether (sulfide) groups is 1. The molecular formula is C15H24N2O2S. The normalized spacial score (nSPS) is 11.9. The van der Waals surface area contributed by atoms with E-state index in [1.807, 2.05) is 30.5 Å². The number of carbonyl (C=O) groups is 1. The fraction of sp³-hybridized carbons (Fsp3) is 0.533. The fourth-order valence-electron chi connectivity index (χ4n) is 2.05. The first kappa shape index (κ1) is 16.9. The van der Waals surface area contributed by atoms with Crippen LogP contribution in [0, 0.1) is 5.92 Å². The number of aliphatic hydroxyl groups excluding tert-OH is 1. The Labute approximate surface area is 125 Å². The summed E-state index contributed by atoms with van der Waals surface area (Å²) in [7, 11) is 0. The van der Waals surface area contributed by atoms with Gasteiger partial charge in [-0.15, -0.1) is 11.8 Å². The lowest BCUT2D eigenvalue weighted by Gasteiger charge is -2.16. The van der Waals surface area contributed by atoms with Crippen LogP contribution in [0.2, 0.25) is 0 Å². The monoisotopic (exact) mass is 296 g/mol. The largest absolute Gasteiger partial charge is 0.396 e. The summed E-state index contributed by atoms with van der Waals surface area (Å²) in [5, 5.41) is 14.7. The fourth-order valence-corrected chi connectivity index (χ4v) is 2.51. The number of nitrogens with one attached hydrogen (secondary N) is 2. The van der Waals surface area contributed by atoms with E-state index >= 15 is 0 Å². The summed E-state index contributed by atoms with van der Waals surface area (Å²) in [6, 6.07) is 7.56. The molecule has 0 aromatic heterocycles. The van der Waals surface area contributed by atoms with E-state index in [2.05, 4.69) is 17.6 Å². The average molecular weight is 296 g/mol. The lowest BCUT2D eigenvalue weighted by atomic mass is 10.0. The lowest BCUT2D eigenvalue weighted by molar-refractivity contribution is 0.237.